The quantitative estimate of drug-likeness (QED) is 0.796. The molecule has 0 saturated carbocycles. The third-order valence-corrected chi connectivity index (χ3v) is 2.85. The van der Waals surface area contributed by atoms with Gasteiger partial charge in [0.15, 0.2) is 0 Å². The zero-order valence-electron chi connectivity index (χ0n) is 10.8. The number of hydrogen-bond donors (Lipinski definition) is 2. The van der Waals surface area contributed by atoms with Gasteiger partial charge in [-0.3, -0.25) is 4.79 Å². The first-order valence-corrected chi connectivity index (χ1v) is 6.38. The lowest BCUT2D eigenvalue weighted by molar-refractivity contribution is -0.121. The van der Waals surface area contributed by atoms with Crippen LogP contribution in [0.3, 0.4) is 0 Å². The number of benzene rings is 1. The van der Waals surface area contributed by atoms with E-state index < -0.39 is 0 Å². The van der Waals surface area contributed by atoms with Crippen LogP contribution in [0.1, 0.15) is 18.9 Å². The van der Waals surface area contributed by atoms with Gasteiger partial charge in [0.25, 0.3) is 0 Å². The first-order chi connectivity index (χ1) is 8.69. The van der Waals surface area contributed by atoms with Gasteiger partial charge in [0.1, 0.15) is 5.75 Å². The van der Waals surface area contributed by atoms with Gasteiger partial charge in [-0.25, -0.2) is 0 Å². The largest absolute Gasteiger partial charge is 0.493 e. The summed E-state index contributed by atoms with van der Waals surface area (Å²) in [5.74, 6) is 0.692. The summed E-state index contributed by atoms with van der Waals surface area (Å²) >= 11 is 6.13. The standard InChI is InChI=1S/C13H19ClN2O2/c1-3-16-9-10-11(14)5-4-6-12(10)18-8-7-13(17)15-2/h4-6,16H,3,7-9H2,1-2H3,(H,15,17). The van der Waals surface area contributed by atoms with Gasteiger partial charge < -0.3 is 15.4 Å². The minimum atomic E-state index is -0.0368. The number of rotatable bonds is 7. The second kappa shape index (κ2) is 7.95. The molecule has 0 heterocycles. The molecule has 0 fully saturated rings. The predicted octanol–water partition coefficient (Wildman–Crippen LogP) is 1.96. The summed E-state index contributed by atoms with van der Waals surface area (Å²) in [6.45, 7) is 3.90. The Morgan fingerprint density at radius 2 is 2.22 bits per heavy atom. The molecule has 0 atom stereocenters. The van der Waals surface area contributed by atoms with Crippen molar-refractivity contribution in [1.29, 1.82) is 0 Å². The molecule has 1 amide bonds. The summed E-state index contributed by atoms with van der Waals surface area (Å²) in [7, 11) is 1.61. The molecule has 4 nitrogen and oxygen atoms in total. The smallest absolute Gasteiger partial charge is 0.223 e. The van der Waals surface area contributed by atoms with E-state index in [1.54, 1.807) is 7.05 Å². The molecule has 18 heavy (non-hydrogen) atoms. The van der Waals surface area contributed by atoms with Gasteiger partial charge >= 0.3 is 0 Å². The van der Waals surface area contributed by atoms with Crippen LogP contribution in [-0.2, 0) is 11.3 Å². The van der Waals surface area contributed by atoms with Crippen LogP contribution in [-0.4, -0.2) is 26.1 Å². The van der Waals surface area contributed by atoms with Crippen LogP contribution in [0.4, 0.5) is 0 Å². The van der Waals surface area contributed by atoms with Gasteiger partial charge in [-0.2, -0.15) is 0 Å². The fraction of sp³-hybridized carbons (Fsp3) is 0.462. The first-order valence-electron chi connectivity index (χ1n) is 6.00. The molecule has 5 heteroatoms. The molecule has 0 spiro atoms. The molecular weight excluding hydrogens is 252 g/mol. The average Bonchev–Trinajstić information content (AvgIpc) is 2.37. The average molecular weight is 271 g/mol. The molecule has 0 saturated heterocycles. The Bertz CT molecular complexity index is 397. The highest BCUT2D eigenvalue weighted by Gasteiger charge is 2.08. The second-order valence-electron chi connectivity index (χ2n) is 3.77. The van der Waals surface area contributed by atoms with Gasteiger partial charge in [0.2, 0.25) is 5.91 Å². The molecule has 0 aliphatic heterocycles. The minimum Gasteiger partial charge on any atom is -0.493 e. The van der Waals surface area contributed by atoms with Crippen molar-refractivity contribution >= 4 is 17.5 Å². The summed E-state index contributed by atoms with van der Waals surface area (Å²) in [6.07, 6.45) is 0.337. The number of amides is 1. The summed E-state index contributed by atoms with van der Waals surface area (Å²) in [6, 6.07) is 5.54. The Labute approximate surface area is 113 Å². The molecule has 100 valence electrons. The minimum absolute atomic E-state index is 0.0368. The van der Waals surface area contributed by atoms with Crippen LogP contribution in [0.25, 0.3) is 0 Å². The van der Waals surface area contributed by atoms with Gasteiger partial charge in [-0.1, -0.05) is 24.6 Å². The second-order valence-corrected chi connectivity index (χ2v) is 4.18. The number of carbonyl (C=O) groups is 1. The van der Waals surface area contributed by atoms with Crippen LogP contribution in [0.15, 0.2) is 18.2 Å². The van der Waals surface area contributed by atoms with Crippen LogP contribution in [0.2, 0.25) is 5.02 Å². The fourth-order valence-electron chi connectivity index (χ4n) is 1.47. The van der Waals surface area contributed by atoms with Crippen LogP contribution in [0, 0.1) is 0 Å². The Hall–Kier alpha value is -1.26. The monoisotopic (exact) mass is 270 g/mol. The Balaban J connectivity index is 2.63. The van der Waals surface area contributed by atoms with E-state index in [0.717, 1.165) is 17.9 Å². The van der Waals surface area contributed by atoms with Crippen molar-refractivity contribution in [1.82, 2.24) is 10.6 Å². The van der Waals surface area contributed by atoms with E-state index in [-0.39, 0.29) is 5.91 Å². The first kappa shape index (κ1) is 14.8. The maximum atomic E-state index is 11.1. The summed E-state index contributed by atoms with van der Waals surface area (Å²) in [5, 5.41) is 6.44. The van der Waals surface area contributed by atoms with Crippen molar-refractivity contribution < 1.29 is 9.53 Å². The van der Waals surface area contributed by atoms with Crippen LogP contribution >= 0.6 is 11.6 Å². The lowest BCUT2D eigenvalue weighted by atomic mass is 10.2. The Morgan fingerprint density at radius 3 is 2.89 bits per heavy atom. The number of halogens is 1. The highest BCUT2D eigenvalue weighted by atomic mass is 35.5. The van der Waals surface area contributed by atoms with E-state index in [1.807, 2.05) is 25.1 Å². The van der Waals surface area contributed by atoms with Crippen molar-refractivity contribution in [3.8, 4) is 5.75 Å². The molecule has 0 aromatic heterocycles. The van der Waals surface area contributed by atoms with E-state index in [9.17, 15) is 4.79 Å². The van der Waals surface area contributed by atoms with Crippen molar-refractivity contribution in [2.75, 3.05) is 20.2 Å². The molecule has 1 aromatic carbocycles. The van der Waals surface area contributed by atoms with E-state index >= 15 is 0 Å². The molecule has 0 aliphatic carbocycles. The zero-order chi connectivity index (χ0) is 13.4. The summed E-state index contributed by atoms with van der Waals surface area (Å²) in [4.78, 5) is 11.1. The van der Waals surface area contributed by atoms with Crippen LogP contribution < -0.4 is 15.4 Å². The Morgan fingerprint density at radius 1 is 1.44 bits per heavy atom. The zero-order valence-corrected chi connectivity index (χ0v) is 11.5. The van der Waals surface area contributed by atoms with Crippen molar-refractivity contribution in [2.24, 2.45) is 0 Å². The van der Waals surface area contributed by atoms with E-state index in [2.05, 4.69) is 10.6 Å². The van der Waals surface area contributed by atoms with Gasteiger partial charge in [-0.05, 0) is 18.7 Å². The van der Waals surface area contributed by atoms with Gasteiger partial charge in [0, 0.05) is 24.2 Å². The topological polar surface area (TPSA) is 50.4 Å². The normalized spacial score (nSPS) is 10.2. The van der Waals surface area contributed by atoms with E-state index in [4.69, 9.17) is 16.3 Å². The van der Waals surface area contributed by atoms with Crippen LogP contribution in [0.5, 0.6) is 5.75 Å². The number of ether oxygens (including phenoxy) is 1. The molecule has 0 unspecified atom stereocenters. The lowest BCUT2D eigenvalue weighted by Crippen LogP contribution is -2.20. The fourth-order valence-corrected chi connectivity index (χ4v) is 1.71. The van der Waals surface area contributed by atoms with Crippen molar-refractivity contribution in [2.45, 2.75) is 19.9 Å². The maximum Gasteiger partial charge on any atom is 0.223 e. The van der Waals surface area contributed by atoms with Gasteiger partial charge in [0.05, 0.1) is 13.0 Å². The van der Waals surface area contributed by atoms with Crippen molar-refractivity contribution in [3.63, 3.8) is 0 Å². The molecule has 2 N–H and O–H groups in total. The maximum absolute atomic E-state index is 11.1. The molecular formula is C13H19ClN2O2. The van der Waals surface area contributed by atoms with Crippen molar-refractivity contribution in [3.05, 3.63) is 28.8 Å². The van der Waals surface area contributed by atoms with E-state index in [0.29, 0.717) is 24.6 Å². The molecule has 1 rings (SSSR count). The third-order valence-electron chi connectivity index (χ3n) is 2.49. The number of carbonyl (C=O) groups excluding carboxylic acids is 1. The number of nitrogens with one attached hydrogen (secondary N) is 2. The molecule has 0 radical (unpaired) electrons. The molecule has 0 aliphatic rings. The third kappa shape index (κ3) is 4.55. The summed E-state index contributed by atoms with van der Waals surface area (Å²) < 4.78 is 5.60. The highest BCUT2D eigenvalue weighted by molar-refractivity contribution is 6.31. The Kier molecular flexibility index (Phi) is 6.54. The molecule has 1 aromatic rings. The number of hydrogen-bond acceptors (Lipinski definition) is 3. The predicted molar refractivity (Wildman–Crippen MR) is 73.0 cm³/mol. The SMILES string of the molecule is CCNCc1c(Cl)cccc1OCCC(=O)NC. The summed E-state index contributed by atoms with van der Waals surface area (Å²) in [5.41, 5.74) is 0.929. The highest BCUT2D eigenvalue weighted by Crippen LogP contribution is 2.26. The van der Waals surface area contributed by atoms with Gasteiger partial charge in [-0.15, -0.1) is 0 Å². The lowest BCUT2D eigenvalue weighted by Gasteiger charge is -2.13. The molecule has 0 bridgehead atoms. The van der Waals surface area contributed by atoms with E-state index in [1.165, 1.54) is 0 Å².